The van der Waals surface area contributed by atoms with Gasteiger partial charge in [-0.1, -0.05) is 49.7 Å². The minimum Gasteiger partial charge on any atom is -0.440 e. The van der Waals surface area contributed by atoms with E-state index in [9.17, 15) is 18.0 Å². The first kappa shape index (κ1) is 28.7. The third-order valence-electron chi connectivity index (χ3n) is 6.23. The molecular weight excluding hydrogens is 532 g/mol. The maximum atomic E-state index is 13.5. The first-order valence-electron chi connectivity index (χ1n) is 12.9. The fourth-order valence-corrected chi connectivity index (χ4v) is 6.00. The lowest BCUT2D eigenvalue weighted by Gasteiger charge is -2.24. The molecule has 0 bridgehead atoms. The highest BCUT2D eigenvalue weighted by Gasteiger charge is 2.31. The topological polar surface area (TPSA) is 155 Å². The van der Waals surface area contributed by atoms with Gasteiger partial charge in [-0.25, -0.2) is 13.4 Å². The Balaban J connectivity index is 1.58. The molecular formula is C28H32N6O5S. The summed E-state index contributed by atoms with van der Waals surface area (Å²) in [6.07, 6.45) is 3.56. The zero-order valence-electron chi connectivity index (χ0n) is 22.5. The molecule has 1 amide bonds. The number of aromatic amines is 1. The number of para-hydroxylation sites is 1. The molecule has 12 heteroatoms. The van der Waals surface area contributed by atoms with Gasteiger partial charge in [0, 0.05) is 24.5 Å². The van der Waals surface area contributed by atoms with Crippen LogP contribution in [0.15, 0.2) is 71.9 Å². The van der Waals surface area contributed by atoms with Crippen LogP contribution in [0.25, 0.3) is 10.9 Å². The highest BCUT2D eigenvalue weighted by atomic mass is 32.2. The molecule has 0 spiro atoms. The van der Waals surface area contributed by atoms with Gasteiger partial charge in [0.2, 0.25) is 10.0 Å². The summed E-state index contributed by atoms with van der Waals surface area (Å²) in [6.45, 7) is 4.93. The Morgan fingerprint density at radius 1 is 1.02 bits per heavy atom. The van der Waals surface area contributed by atoms with Crippen LogP contribution in [0.5, 0.6) is 0 Å². The predicted molar refractivity (Wildman–Crippen MR) is 151 cm³/mol. The lowest BCUT2D eigenvalue weighted by atomic mass is 10.1. The number of sulfonamides is 1. The van der Waals surface area contributed by atoms with Gasteiger partial charge in [0.1, 0.15) is 11.9 Å². The number of hydrogen-bond acceptors (Lipinski definition) is 8. The molecule has 0 aliphatic carbocycles. The largest absolute Gasteiger partial charge is 0.440 e. The number of esters is 1. The van der Waals surface area contributed by atoms with Gasteiger partial charge in [-0.05, 0) is 43.2 Å². The molecule has 2 atom stereocenters. The van der Waals surface area contributed by atoms with E-state index in [1.807, 2.05) is 6.92 Å². The molecule has 0 fully saturated rings. The number of pyridine rings is 1. The number of rotatable bonds is 12. The van der Waals surface area contributed by atoms with Crippen LogP contribution < -0.4 is 15.4 Å². The lowest BCUT2D eigenvalue weighted by Crippen LogP contribution is -2.50. The van der Waals surface area contributed by atoms with Crippen LogP contribution in [0.2, 0.25) is 0 Å². The van der Waals surface area contributed by atoms with Crippen LogP contribution >= 0.6 is 0 Å². The fraction of sp³-hybridized carbons (Fsp3) is 0.286. The highest BCUT2D eigenvalue weighted by molar-refractivity contribution is 7.89. The molecule has 0 radical (unpaired) electrons. The van der Waals surface area contributed by atoms with E-state index in [0.717, 1.165) is 5.39 Å². The number of fused-ring (bicyclic) bond motifs is 1. The Bertz CT molecular complexity index is 1570. The van der Waals surface area contributed by atoms with Gasteiger partial charge in [0.15, 0.2) is 6.23 Å². The van der Waals surface area contributed by atoms with Crippen LogP contribution in [0.4, 0.5) is 5.82 Å². The number of carbonyl (C=O) groups excluding carboxylic acids is 2. The van der Waals surface area contributed by atoms with Crippen molar-refractivity contribution < 1.29 is 22.7 Å². The van der Waals surface area contributed by atoms with E-state index in [4.69, 9.17) is 4.74 Å². The molecule has 2 aromatic heterocycles. The maximum absolute atomic E-state index is 13.5. The fourth-order valence-electron chi connectivity index (χ4n) is 4.35. The minimum atomic E-state index is -4.16. The molecule has 0 aliphatic heterocycles. The van der Waals surface area contributed by atoms with Gasteiger partial charge in [-0.15, -0.1) is 0 Å². The number of H-pyrrole nitrogens is 1. The average Bonchev–Trinajstić information content (AvgIpc) is 3.40. The van der Waals surface area contributed by atoms with Gasteiger partial charge in [0.25, 0.3) is 5.91 Å². The van der Waals surface area contributed by atoms with E-state index < -0.39 is 34.2 Å². The van der Waals surface area contributed by atoms with Crippen molar-refractivity contribution in [1.29, 1.82) is 0 Å². The van der Waals surface area contributed by atoms with Crippen molar-refractivity contribution in [3.05, 3.63) is 83.7 Å². The summed E-state index contributed by atoms with van der Waals surface area (Å²) in [4.78, 5) is 30.8. The summed E-state index contributed by atoms with van der Waals surface area (Å²) in [7, 11) is -4.16. The number of aryl methyl sites for hydroxylation is 2. The molecule has 2 heterocycles. The van der Waals surface area contributed by atoms with E-state index in [-0.39, 0.29) is 11.4 Å². The second-order valence-corrected chi connectivity index (χ2v) is 11.0. The standard InChI is InChI=1S/C28H32N6O5S/c1-4-9-24(32-23-14-5-6-15-29-23)39-28(36)22(34-40(37,38)26-18(2)10-7-11-19(26)3)17-30-27(35)21-13-8-12-20-16-31-33-25(20)21/h5-8,10-16,22,24,34H,4,9,17H2,1-3H3,(H,29,32)(H,30,35)(H,31,33). The second-order valence-electron chi connectivity index (χ2n) is 9.32. The molecule has 210 valence electrons. The third-order valence-corrected chi connectivity index (χ3v) is 8.01. The first-order chi connectivity index (χ1) is 19.2. The molecule has 4 rings (SSSR count). The highest BCUT2D eigenvalue weighted by Crippen LogP contribution is 2.20. The molecule has 2 unspecified atom stereocenters. The zero-order chi connectivity index (χ0) is 28.7. The van der Waals surface area contributed by atoms with Crippen LogP contribution in [-0.4, -0.2) is 54.3 Å². The Morgan fingerprint density at radius 3 is 2.48 bits per heavy atom. The zero-order valence-corrected chi connectivity index (χ0v) is 23.3. The summed E-state index contributed by atoms with van der Waals surface area (Å²) >= 11 is 0. The van der Waals surface area contributed by atoms with E-state index in [1.165, 1.54) is 0 Å². The Kier molecular flexibility index (Phi) is 9.12. The Labute approximate surface area is 232 Å². The number of carbonyl (C=O) groups is 2. The SMILES string of the molecule is CCCC(Nc1ccccn1)OC(=O)C(CNC(=O)c1cccc2cn[nH]c12)NS(=O)(=O)c1c(C)cccc1C. The van der Waals surface area contributed by atoms with Crippen molar-refractivity contribution in [2.24, 2.45) is 0 Å². The average molecular weight is 565 g/mol. The number of aromatic nitrogens is 3. The molecule has 11 nitrogen and oxygen atoms in total. The van der Waals surface area contributed by atoms with Crippen molar-refractivity contribution in [2.75, 3.05) is 11.9 Å². The number of hydrogen-bond donors (Lipinski definition) is 4. The van der Waals surface area contributed by atoms with Crippen molar-refractivity contribution >= 4 is 38.6 Å². The molecule has 0 saturated carbocycles. The van der Waals surface area contributed by atoms with Crippen molar-refractivity contribution in [1.82, 2.24) is 25.2 Å². The Hall–Kier alpha value is -4.29. The lowest BCUT2D eigenvalue weighted by molar-refractivity contribution is -0.149. The summed E-state index contributed by atoms with van der Waals surface area (Å²) in [5.41, 5.74) is 1.88. The van der Waals surface area contributed by atoms with Crippen molar-refractivity contribution in [3.63, 3.8) is 0 Å². The van der Waals surface area contributed by atoms with E-state index >= 15 is 0 Å². The maximum Gasteiger partial charge on any atom is 0.327 e. The first-order valence-corrected chi connectivity index (χ1v) is 14.3. The number of nitrogens with one attached hydrogen (secondary N) is 4. The van der Waals surface area contributed by atoms with Crippen LogP contribution in [-0.2, 0) is 19.6 Å². The van der Waals surface area contributed by atoms with Gasteiger partial charge in [-0.3, -0.25) is 14.7 Å². The van der Waals surface area contributed by atoms with Crippen molar-refractivity contribution in [3.8, 4) is 0 Å². The van der Waals surface area contributed by atoms with E-state index in [0.29, 0.717) is 40.9 Å². The predicted octanol–water partition coefficient (Wildman–Crippen LogP) is 3.43. The summed E-state index contributed by atoms with van der Waals surface area (Å²) in [5.74, 6) is -0.852. The molecule has 40 heavy (non-hydrogen) atoms. The van der Waals surface area contributed by atoms with Crippen LogP contribution in [0.3, 0.4) is 0 Å². The van der Waals surface area contributed by atoms with Gasteiger partial charge in [0.05, 0.1) is 22.2 Å². The molecule has 2 aromatic carbocycles. The molecule has 0 saturated heterocycles. The molecule has 4 N–H and O–H groups in total. The quantitative estimate of drug-likeness (QED) is 0.151. The third kappa shape index (κ3) is 6.82. The molecule has 4 aromatic rings. The van der Waals surface area contributed by atoms with Crippen molar-refractivity contribution in [2.45, 2.75) is 50.8 Å². The summed E-state index contributed by atoms with van der Waals surface area (Å²) in [6, 6.07) is 14.1. The van der Waals surface area contributed by atoms with Gasteiger partial charge >= 0.3 is 5.97 Å². The number of nitrogens with zero attached hydrogens (tertiary/aromatic N) is 2. The van der Waals surface area contributed by atoms with Gasteiger partial charge < -0.3 is 15.4 Å². The summed E-state index contributed by atoms with van der Waals surface area (Å²) < 4.78 is 35.1. The van der Waals surface area contributed by atoms with E-state index in [2.05, 4.69) is 30.5 Å². The number of amides is 1. The van der Waals surface area contributed by atoms with E-state index in [1.54, 1.807) is 80.8 Å². The normalized spacial score (nSPS) is 13.0. The smallest absolute Gasteiger partial charge is 0.327 e. The number of anilines is 1. The monoisotopic (exact) mass is 564 g/mol. The van der Waals surface area contributed by atoms with Crippen LogP contribution in [0, 0.1) is 13.8 Å². The number of benzene rings is 2. The minimum absolute atomic E-state index is 0.0677. The number of ether oxygens (including phenoxy) is 1. The summed E-state index contributed by atoms with van der Waals surface area (Å²) in [5, 5.41) is 13.2. The van der Waals surface area contributed by atoms with Gasteiger partial charge in [-0.2, -0.15) is 9.82 Å². The molecule has 0 aliphatic rings. The second kappa shape index (κ2) is 12.7. The Morgan fingerprint density at radius 2 is 1.77 bits per heavy atom. The van der Waals surface area contributed by atoms with Crippen LogP contribution in [0.1, 0.15) is 41.3 Å².